The lowest BCUT2D eigenvalue weighted by Crippen LogP contribution is -2.45. The molecule has 0 bridgehead atoms. The van der Waals surface area contributed by atoms with Gasteiger partial charge >= 0.3 is 6.03 Å². The van der Waals surface area contributed by atoms with Crippen LogP contribution in [0.15, 0.2) is 48.5 Å². The van der Waals surface area contributed by atoms with Gasteiger partial charge in [-0.15, -0.1) is 0 Å². The van der Waals surface area contributed by atoms with E-state index >= 15 is 0 Å². The summed E-state index contributed by atoms with van der Waals surface area (Å²) < 4.78 is 0. The Balaban J connectivity index is 1.63. The molecule has 2 atom stereocenters. The fourth-order valence-corrected chi connectivity index (χ4v) is 3.59. The van der Waals surface area contributed by atoms with Crippen LogP contribution in [0.1, 0.15) is 44.6 Å². The van der Waals surface area contributed by atoms with E-state index in [1.165, 1.54) is 5.56 Å². The minimum absolute atomic E-state index is 0.157. The average Bonchev–Trinajstić information content (AvgIpc) is 3.18. The van der Waals surface area contributed by atoms with Crippen LogP contribution in [-0.2, 0) is 4.79 Å². The first-order valence-corrected chi connectivity index (χ1v) is 10.1. The summed E-state index contributed by atoms with van der Waals surface area (Å²) in [6.45, 7) is 4.89. The highest BCUT2D eigenvalue weighted by atomic mass is 35.5. The van der Waals surface area contributed by atoms with E-state index in [4.69, 9.17) is 11.6 Å². The van der Waals surface area contributed by atoms with Gasteiger partial charge in [0, 0.05) is 22.9 Å². The van der Waals surface area contributed by atoms with Crippen LogP contribution in [0.3, 0.4) is 0 Å². The van der Waals surface area contributed by atoms with Gasteiger partial charge in [0.1, 0.15) is 6.04 Å². The molecule has 2 N–H and O–H groups in total. The van der Waals surface area contributed by atoms with Crippen molar-refractivity contribution in [2.24, 2.45) is 0 Å². The van der Waals surface area contributed by atoms with E-state index in [9.17, 15) is 9.59 Å². The van der Waals surface area contributed by atoms with Gasteiger partial charge in [0.05, 0.1) is 0 Å². The van der Waals surface area contributed by atoms with Gasteiger partial charge in [0.15, 0.2) is 0 Å². The predicted octanol–water partition coefficient (Wildman–Crippen LogP) is 5.49. The number of carbonyl (C=O) groups is 2. The number of rotatable bonds is 5. The van der Waals surface area contributed by atoms with Gasteiger partial charge in [0.25, 0.3) is 0 Å². The number of halogens is 1. The molecular weight excluding hydrogens is 374 g/mol. The fraction of sp³-hybridized carbons (Fsp3) is 0.364. The van der Waals surface area contributed by atoms with Gasteiger partial charge in [-0.05, 0) is 61.1 Å². The Morgan fingerprint density at radius 3 is 2.57 bits per heavy atom. The highest BCUT2D eigenvalue weighted by Crippen LogP contribution is 2.23. The Hall–Kier alpha value is -2.53. The van der Waals surface area contributed by atoms with Gasteiger partial charge in [-0.1, -0.05) is 43.6 Å². The minimum atomic E-state index is -0.478. The molecule has 6 heteroatoms. The molecule has 3 amide bonds. The van der Waals surface area contributed by atoms with Crippen molar-refractivity contribution in [1.29, 1.82) is 0 Å². The van der Waals surface area contributed by atoms with Crippen LogP contribution in [0.2, 0.25) is 5.02 Å². The Bertz CT molecular complexity index is 838. The van der Waals surface area contributed by atoms with E-state index in [1.54, 1.807) is 29.2 Å². The molecule has 0 spiro atoms. The zero-order valence-corrected chi connectivity index (χ0v) is 17.0. The number of hydrogen-bond acceptors (Lipinski definition) is 2. The number of nitrogens with one attached hydrogen (secondary N) is 2. The average molecular weight is 400 g/mol. The summed E-state index contributed by atoms with van der Waals surface area (Å²) in [7, 11) is 0. The number of carbonyl (C=O) groups excluding carboxylic acids is 2. The molecule has 148 valence electrons. The van der Waals surface area contributed by atoms with Crippen LogP contribution in [-0.4, -0.2) is 29.4 Å². The molecule has 0 aromatic heterocycles. The van der Waals surface area contributed by atoms with Gasteiger partial charge in [-0.25, -0.2) is 4.79 Å². The number of nitrogens with zero attached hydrogens (tertiary/aromatic N) is 1. The van der Waals surface area contributed by atoms with Gasteiger partial charge < -0.3 is 15.5 Å². The van der Waals surface area contributed by atoms with Crippen LogP contribution in [0.5, 0.6) is 0 Å². The summed E-state index contributed by atoms with van der Waals surface area (Å²) in [5, 5.41) is 6.32. The largest absolute Gasteiger partial charge is 0.324 e. The van der Waals surface area contributed by atoms with Gasteiger partial charge in [-0.2, -0.15) is 0 Å². The number of likely N-dealkylation sites (tertiary alicyclic amines) is 1. The second kappa shape index (κ2) is 9.11. The summed E-state index contributed by atoms with van der Waals surface area (Å²) >= 11 is 5.97. The molecule has 1 fully saturated rings. The molecule has 1 heterocycles. The van der Waals surface area contributed by atoms with Crippen molar-refractivity contribution in [2.45, 2.75) is 45.1 Å². The summed E-state index contributed by atoms with van der Waals surface area (Å²) in [6.07, 6.45) is 2.53. The van der Waals surface area contributed by atoms with E-state index in [-0.39, 0.29) is 11.9 Å². The zero-order valence-electron chi connectivity index (χ0n) is 16.2. The Morgan fingerprint density at radius 1 is 1.14 bits per heavy atom. The van der Waals surface area contributed by atoms with Gasteiger partial charge in [0.2, 0.25) is 5.91 Å². The number of anilines is 2. The van der Waals surface area contributed by atoms with Crippen molar-refractivity contribution in [3.05, 3.63) is 59.1 Å². The highest BCUT2D eigenvalue weighted by molar-refractivity contribution is 6.30. The van der Waals surface area contributed by atoms with Gasteiger partial charge in [-0.3, -0.25) is 4.79 Å². The third kappa shape index (κ3) is 4.84. The smallest absolute Gasteiger partial charge is 0.322 e. The maximum absolute atomic E-state index is 12.8. The molecule has 28 heavy (non-hydrogen) atoms. The molecule has 2 aromatic rings. The standard InChI is InChI=1S/C22H26ClN3O2/c1-3-15(2)16-9-11-18(12-10-16)24-21(27)20-8-5-13-26(20)22(28)25-19-7-4-6-17(23)14-19/h4,6-7,9-12,14-15,20H,3,5,8,13H2,1-2H3,(H,24,27)(H,25,28)/t15-,20-/m1/s1. The molecule has 5 nitrogen and oxygen atoms in total. The number of amides is 3. The first-order valence-electron chi connectivity index (χ1n) is 9.72. The van der Waals surface area contributed by atoms with Crippen molar-refractivity contribution >= 4 is 34.9 Å². The SMILES string of the molecule is CC[C@@H](C)c1ccc(NC(=O)[C@H]2CCCN2C(=O)Nc2cccc(Cl)c2)cc1. The summed E-state index contributed by atoms with van der Waals surface area (Å²) in [5.41, 5.74) is 2.62. The zero-order chi connectivity index (χ0) is 20.1. The van der Waals surface area contributed by atoms with Crippen molar-refractivity contribution in [3.8, 4) is 0 Å². The van der Waals surface area contributed by atoms with E-state index < -0.39 is 6.04 Å². The second-order valence-corrected chi connectivity index (χ2v) is 7.65. The van der Waals surface area contributed by atoms with Crippen molar-refractivity contribution in [3.63, 3.8) is 0 Å². The van der Waals surface area contributed by atoms with Crippen molar-refractivity contribution < 1.29 is 9.59 Å². The first kappa shape index (κ1) is 20.2. The van der Waals surface area contributed by atoms with E-state index in [0.29, 0.717) is 29.6 Å². The first-order chi connectivity index (χ1) is 13.5. The quantitative estimate of drug-likeness (QED) is 0.698. The molecule has 0 aliphatic carbocycles. The maximum atomic E-state index is 12.8. The summed E-state index contributed by atoms with van der Waals surface area (Å²) in [6, 6.07) is 14.1. The molecule has 0 unspecified atom stereocenters. The monoisotopic (exact) mass is 399 g/mol. The van der Waals surface area contributed by atoms with Crippen LogP contribution < -0.4 is 10.6 Å². The number of hydrogen-bond donors (Lipinski definition) is 2. The highest BCUT2D eigenvalue weighted by Gasteiger charge is 2.34. The van der Waals surface area contributed by atoms with Crippen LogP contribution >= 0.6 is 11.6 Å². The Labute approximate surface area is 171 Å². The van der Waals surface area contributed by atoms with E-state index in [1.807, 2.05) is 24.3 Å². The molecule has 1 aliphatic heterocycles. The molecule has 2 aromatic carbocycles. The topological polar surface area (TPSA) is 61.4 Å². The Kier molecular flexibility index (Phi) is 6.57. The van der Waals surface area contributed by atoms with E-state index in [2.05, 4.69) is 24.5 Å². The van der Waals surface area contributed by atoms with E-state index in [0.717, 1.165) is 18.5 Å². The maximum Gasteiger partial charge on any atom is 0.322 e. The number of benzene rings is 2. The lowest BCUT2D eigenvalue weighted by atomic mass is 9.98. The third-order valence-corrected chi connectivity index (χ3v) is 5.49. The number of urea groups is 1. The molecular formula is C22H26ClN3O2. The molecule has 0 saturated carbocycles. The van der Waals surface area contributed by atoms with Crippen molar-refractivity contribution in [1.82, 2.24) is 4.90 Å². The molecule has 0 radical (unpaired) electrons. The van der Waals surface area contributed by atoms with Crippen molar-refractivity contribution in [2.75, 3.05) is 17.2 Å². The predicted molar refractivity (Wildman–Crippen MR) is 114 cm³/mol. The van der Waals surface area contributed by atoms with Crippen LogP contribution in [0.25, 0.3) is 0 Å². The normalized spacial score (nSPS) is 17.2. The lowest BCUT2D eigenvalue weighted by molar-refractivity contribution is -0.119. The minimum Gasteiger partial charge on any atom is -0.324 e. The second-order valence-electron chi connectivity index (χ2n) is 7.21. The fourth-order valence-electron chi connectivity index (χ4n) is 3.40. The van der Waals surface area contributed by atoms with Crippen LogP contribution in [0.4, 0.5) is 16.2 Å². The Morgan fingerprint density at radius 2 is 1.89 bits per heavy atom. The molecule has 3 rings (SSSR count). The molecule has 1 aliphatic rings. The molecule has 1 saturated heterocycles. The lowest BCUT2D eigenvalue weighted by Gasteiger charge is -2.24. The summed E-state index contributed by atoms with van der Waals surface area (Å²) in [4.78, 5) is 27.0. The summed E-state index contributed by atoms with van der Waals surface area (Å²) in [5.74, 6) is 0.334. The van der Waals surface area contributed by atoms with Crippen LogP contribution in [0, 0.1) is 0 Å². The third-order valence-electron chi connectivity index (χ3n) is 5.25.